The normalized spacial score (nSPS) is 11.0. The summed E-state index contributed by atoms with van der Waals surface area (Å²) >= 11 is 0. The topological polar surface area (TPSA) is 192 Å². The van der Waals surface area contributed by atoms with Crippen molar-refractivity contribution in [3.8, 4) is 17.2 Å². The number of aromatic hydroxyl groups is 2. The van der Waals surface area contributed by atoms with Gasteiger partial charge in [0.1, 0.15) is 11.3 Å². The number of ether oxygens (including phenoxy) is 1. The maximum Gasteiger partial charge on any atom is 0.311 e. The number of phenolic OH excluding ortho intramolecular Hbond substituents is 2. The second-order valence-corrected chi connectivity index (χ2v) is 8.30. The van der Waals surface area contributed by atoms with Crippen LogP contribution >= 0.6 is 0 Å². The molecule has 0 saturated heterocycles. The minimum absolute atomic E-state index is 0.0618. The quantitative estimate of drug-likeness (QED) is 0.0677. The zero-order valence-electron chi connectivity index (χ0n) is 19.4. The van der Waals surface area contributed by atoms with E-state index in [1.54, 1.807) is 0 Å². The fourth-order valence-electron chi connectivity index (χ4n) is 3.71. The van der Waals surface area contributed by atoms with Crippen molar-refractivity contribution < 1.29 is 33.8 Å². The first-order valence-corrected chi connectivity index (χ1v) is 11.3. The van der Waals surface area contributed by atoms with Crippen molar-refractivity contribution in [2.75, 3.05) is 11.5 Å². The SMILES string of the molecule is CCCCC(=O)Oc1cc2oc(CCCCC(N)=O)c(C(=O)c3cc(N)c(O)c(N)c3)c2cc1O. The van der Waals surface area contributed by atoms with Gasteiger partial charge in [0.2, 0.25) is 5.91 Å². The Kier molecular flexibility index (Phi) is 7.85. The van der Waals surface area contributed by atoms with Gasteiger partial charge in [-0.1, -0.05) is 13.3 Å². The number of primary amides is 1. The lowest BCUT2D eigenvalue weighted by molar-refractivity contribution is -0.134. The van der Waals surface area contributed by atoms with Crippen LogP contribution in [0.25, 0.3) is 11.0 Å². The van der Waals surface area contributed by atoms with Crippen molar-refractivity contribution in [1.29, 1.82) is 0 Å². The third-order valence-electron chi connectivity index (χ3n) is 5.54. The third-order valence-corrected chi connectivity index (χ3v) is 5.54. The van der Waals surface area contributed by atoms with E-state index in [0.717, 1.165) is 6.42 Å². The van der Waals surface area contributed by atoms with Crippen LogP contribution in [0.4, 0.5) is 11.4 Å². The second kappa shape index (κ2) is 10.8. The Morgan fingerprint density at radius 1 is 0.971 bits per heavy atom. The molecule has 0 bridgehead atoms. The van der Waals surface area contributed by atoms with Crippen molar-refractivity contribution >= 4 is 40.0 Å². The monoisotopic (exact) mass is 483 g/mol. The number of esters is 1. The van der Waals surface area contributed by atoms with Crippen LogP contribution in [0.1, 0.15) is 67.1 Å². The van der Waals surface area contributed by atoms with Gasteiger partial charge >= 0.3 is 5.97 Å². The number of aryl methyl sites for hydroxylation is 1. The smallest absolute Gasteiger partial charge is 0.311 e. The van der Waals surface area contributed by atoms with Gasteiger partial charge < -0.3 is 36.6 Å². The molecule has 2 aromatic carbocycles. The van der Waals surface area contributed by atoms with Gasteiger partial charge in [-0.2, -0.15) is 0 Å². The summed E-state index contributed by atoms with van der Waals surface area (Å²) in [6, 6.07) is 5.26. The van der Waals surface area contributed by atoms with E-state index in [0.29, 0.717) is 36.8 Å². The van der Waals surface area contributed by atoms with Crippen LogP contribution in [0.15, 0.2) is 28.7 Å². The van der Waals surface area contributed by atoms with Gasteiger partial charge in [0, 0.05) is 36.3 Å². The van der Waals surface area contributed by atoms with E-state index >= 15 is 0 Å². The Hall–Kier alpha value is -4.21. The maximum atomic E-state index is 13.5. The van der Waals surface area contributed by atoms with Crippen LogP contribution in [0.5, 0.6) is 17.2 Å². The number of nitrogens with two attached hydrogens (primary N) is 3. The molecule has 35 heavy (non-hydrogen) atoms. The zero-order chi connectivity index (χ0) is 25.7. The number of hydrogen-bond donors (Lipinski definition) is 5. The van der Waals surface area contributed by atoms with E-state index in [4.69, 9.17) is 26.4 Å². The predicted octanol–water partition coefficient (Wildman–Crippen LogP) is 3.53. The van der Waals surface area contributed by atoms with E-state index < -0.39 is 17.7 Å². The van der Waals surface area contributed by atoms with Crippen molar-refractivity contribution in [3.05, 3.63) is 41.2 Å². The fourth-order valence-corrected chi connectivity index (χ4v) is 3.71. The fraction of sp³-hybridized carbons (Fsp3) is 0.320. The van der Waals surface area contributed by atoms with Gasteiger partial charge in [0.15, 0.2) is 23.0 Å². The van der Waals surface area contributed by atoms with E-state index in [2.05, 4.69) is 0 Å². The van der Waals surface area contributed by atoms with Gasteiger partial charge in [-0.05, 0) is 37.5 Å². The average molecular weight is 484 g/mol. The van der Waals surface area contributed by atoms with Crippen molar-refractivity contribution in [2.24, 2.45) is 5.73 Å². The largest absolute Gasteiger partial charge is 0.504 e. The Morgan fingerprint density at radius 3 is 2.29 bits per heavy atom. The summed E-state index contributed by atoms with van der Waals surface area (Å²) in [5, 5.41) is 20.7. The molecular formula is C25H29N3O7. The number of ketones is 1. The zero-order valence-corrected chi connectivity index (χ0v) is 19.4. The van der Waals surface area contributed by atoms with E-state index in [1.807, 2.05) is 6.92 Å². The Labute approximate surface area is 201 Å². The molecule has 0 aliphatic heterocycles. The lowest BCUT2D eigenvalue weighted by Crippen LogP contribution is -2.10. The van der Waals surface area contributed by atoms with Gasteiger partial charge in [-0.25, -0.2) is 0 Å². The number of carbonyl (C=O) groups excluding carboxylic acids is 3. The number of rotatable bonds is 11. The standard InChI is InChI=1S/C25H29N3O7/c1-2-3-8-22(31)35-20-12-19-14(11-17(20)29)23(18(34-19)6-4-5-7-21(28)30)24(32)13-9-15(26)25(33)16(27)10-13/h9-12,29,33H,2-8,26-27H2,1H3,(H2,28,30). The molecule has 10 nitrogen and oxygen atoms in total. The predicted molar refractivity (Wildman–Crippen MR) is 130 cm³/mol. The molecule has 0 saturated carbocycles. The lowest BCUT2D eigenvalue weighted by Gasteiger charge is -2.08. The molecule has 0 atom stereocenters. The van der Waals surface area contributed by atoms with Crippen LogP contribution in [-0.4, -0.2) is 27.9 Å². The van der Waals surface area contributed by atoms with Gasteiger partial charge in [0.25, 0.3) is 0 Å². The molecule has 0 unspecified atom stereocenters. The number of carbonyl (C=O) groups is 3. The molecular weight excluding hydrogens is 454 g/mol. The first-order valence-electron chi connectivity index (χ1n) is 11.3. The van der Waals surface area contributed by atoms with Gasteiger partial charge in [-0.15, -0.1) is 0 Å². The van der Waals surface area contributed by atoms with Crippen LogP contribution in [0.2, 0.25) is 0 Å². The summed E-state index contributed by atoms with van der Waals surface area (Å²) in [4.78, 5) is 36.6. The number of nitrogen functional groups attached to an aromatic ring is 2. The summed E-state index contributed by atoms with van der Waals surface area (Å²) in [5.41, 5.74) is 17.2. The molecule has 1 aromatic heterocycles. The Bertz CT molecular complexity index is 1260. The first kappa shape index (κ1) is 25.4. The highest BCUT2D eigenvalue weighted by Gasteiger charge is 2.25. The number of hydrogen-bond acceptors (Lipinski definition) is 9. The van der Waals surface area contributed by atoms with Crippen LogP contribution in [0, 0.1) is 0 Å². The number of furan rings is 1. The number of phenols is 2. The minimum Gasteiger partial charge on any atom is -0.504 e. The lowest BCUT2D eigenvalue weighted by atomic mass is 9.97. The molecule has 8 N–H and O–H groups in total. The molecule has 1 heterocycles. The van der Waals surface area contributed by atoms with Crippen molar-refractivity contribution in [2.45, 2.75) is 51.9 Å². The van der Waals surface area contributed by atoms with E-state index in [1.165, 1.54) is 24.3 Å². The van der Waals surface area contributed by atoms with Gasteiger partial charge in [0.05, 0.1) is 16.9 Å². The van der Waals surface area contributed by atoms with Gasteiger partial charge in [-0.3, -0.25) is 14.4 Å². The van der Waals surface area contributed by atoms with E-state index in [9.17, 15) is 24.6 Å². The Morgan fingerprint density at radius 2 is 1.66 bits per heavy atom. The highest BCUT2D eigenvalue weighted by atomic mass is 16.5. The summed E-state index contributed by atoms with van der Waals surface area (Å²) < 4.78 is 11.2. The molecule has 0 fully saturated rings. The average Bonchev–Trinajstić information content (AvgIpc) is 3.14. The highest BCUT2D eigenvalue weighted by molar-refractivity contribution is 6.18. The molecule has 10 heteroatoms. The molecule has 186 valence electrons. The second-order valence-electron chi connectivity index (χ2n) is 8.30. The highest BCUT2D eigenvalue weighted by Crippen LogP contribution is 2.38. The Balaban J connectivity index is 2.04. The molecule has 0 aliphatic rings. The first-order chi connectivity index (χ1) is 16.6. The molecule has 3 rings (SSSR count). The number of fused-ring (bicyclic) bond motifs is 1. The summed E-state index contributed by atoms with van der Waals surface area (Å²) in [6.45, 7) is 1.94. The summed E-state index contributed by atoms with van der Waals surface area (Å²) in [5.74, 6) is -1.83. The molecule has 0 spiro atoms. The third kappa shape index (κ3) is 5.84. The number of unbranched alkanes of at least 4 members (excludes halogenated alkanes) is 2. The van der Waals surface area contributed by atoms with Crippen molar-refractivity contribution in [3.63, 3.8) is 0 Å². The van der Waals surface area contributed by atoms with Crippen molar-refractivity contribution in [1.82, 2.24) is 0 Å². The molecule has 3 aromatic rings. The maximum absolute atomic E-state index is 13.5. The van der Waals surface area contributed by atoms with Crippen LogP contribution in [0.3, 0.4) is 0 Å². The van der Waals surface area contributed by atoms with Crippen LogP contribution < -0.4 is 21.9 Å². The molecule has 1 amide bonds. The number of amides is 1. The van der Waals surface area contributed by atoms with E-state index in [-0.39, 0.29) is 58.2 Å². The minimum atomic E-state index is -0.494. The number of anilines is 2. The van der Waals surface area contributed by atoms with Crippen LogP contribution in [-0.2, 0) is 16.0 Å². The summed E-state index contributed by atoms with van der Waals surface area (Å²) in [6.07, 6.45) is 3.15. The number of benzene rings is 2. The molecule has 0 aliphatic carbocycles. The summed E-state index contributed by atoms with van der Waals surface area (Å²) in [7, 11) is 0. The molecule has 0 radical (unpaired) electrons.